The molecule has 0 radical (unpaired) electrons. The fourth-order valence-corrected chi connectivity index (χ4v) is 4.82. The summed E-state index contributed by atoms with van der Waals surface area (Å²) in [7, 11) is 0. The van der Waals surface area contributed by atoms with Gasteiger partial charge in [-0.25, -0.2) is 9.97 Å². The Balaban J connectivity index is 1.38. The Kier molecular flexibility index (Phi) is 5.43. The van der Waals surface area contributed by atoms with Gasteiger partial charge in [0, 0.05) is 16.3 Å². The number of rotatable bonds is 4. The third-order valence-electron chi connectivity index (χ3n) is 5.97. The molecule has 2 aromatic heterocycles. The molecule has 1 aliphatic carbocycles. The Morgan fingerprint density at radius 3 is 2.75 bits per heavy atom. The minimum absolute atomic E-state index is 0.214. The standard InChI is InChI=1S/C24H23Cl2N5O/c1-13(23-29-18-9-8-16(25)12-20(18)30-23)27-24(32)15-7-10-21(17(26)11-15)31-14(2)28-19-5-3-4-6-22(19)31/h7-13H,3-6H2,1-2H3,(H,27,32)(H,29,30)/t13-/m0/s1. The highest BCUT2D eigenvalue weighted by molar-refractivity contribution is 6.32. The zero-order valence-corrected chi connectivity index (χ0v) is 19.4. The molecule has 2 heterocycles. The minimum Gasteiger partial charge on any atom is -0.342 e. The SMILES string of the molecule is Cc1nc2c(n1-c1ccc(C(=O)N[C@@H](C)c3nc4ccc(Cl)cc4[nH]3)cc1Cl)CCCC2. The van der Waals surface area contributed by atoms with Gasteiger partial charge in [-0.3, -0.25) is 9.36 Å². The van der Waals surface area contributed by atoms with Gasteiger partial charge in [0.1, 0.15) is 11.6 Å². The predicted molar refractivity (Wildman–Crippen MR) is 127 cm³/mol. The molecule has 1 aliphatic rings. The van der Waals surface area contributed by atoms with Crippen LogP contribution in [0, 0.1) is 6.92 Å². The summed E-state index contributed by atoms with van der Waals surface area (Å²) < 4.78 is 2.13. The van der Waals surface area contributed by atoms with E-state index in [0.29, 0.717) is 21.4 Å². The molecule has 164 valence electrons. The number of fused-ring (bicyclic) bond motifs is 2. The molecule has 1 amide bonds. The summed E-state index contributed by atoms with van der Waals surface area (Å²) in [6, 6.07) is 10.6. The number of aromatic amines is 1. The van der Waals surface area contributed by atoms with Crippen molar-refractivity contribution in [3.63, 3.8) is 0 Å². The van der Waals surface area contributed by atoms with Crippen LogP contribution in [0.4, 0.5) is 0 Å². The zero-order valence-electron chi connectivity index (χ0n) is 17.9. The van der Waals surface area contributed by atoms with E-state index < -0.39 is 0 Å². The van der Waals surface area contributed by atoms with Crippen LogP contribution < -0.4 is 5.32 Å². The van der Waals surface area contributed by atoms with Gasteiger partial charge in [-0.15, -0.1) is 0 Å². The van der Waals surface area contributed by atoms with Crippen LogP contribution in [0.5, 0.6) is 0 Å². The number of carbonyl (C=O) groups excluding carboxylic acids is 1. The number of nitrogens with one attached hydrogen (secondary N) is 2. The molecule has 2 N–H and O–H groups in total. The van der Waals surface area contributed by atoms with E-state index in [0.717, 1.165) is 47.5 Å². The lowest BCUT2D eigenvalue weighted by molar-refractivity contribution is 0.0938. The summed E-state index contributed by atoms with van der Waals surface area (Å²) in [6.07, 6.45) is 4.33. The summed E-state index contributed by atoms with van der Waals surface area (Å²) in [6.45, 7) is 3.88. The molecule has 5 rings (SSSR count). The summed E-state index contributed by atoms with van der Waals surface area (Å²) in [5.41, 5.74) is 5.38. The maximum absolute atomic E-state index is 12.9. The van der Waals surface area contributed by atoms with E-state index in [1.165, 1.54) is 12.1 Å². The average Bonchev–Trinajstić information content (AvgIpc) is 3.33. The molecular weight excluding hydrogens is 445 g/mol. The van der Waals surface area contributed by atoms with Crippen LogP contribution in [0.3, 0.4) is 0 Å². The van der Waals surface area contributed by atoms with E-state index in [1.54, 1.807) is 18.2 Å². The van der Waals surface area contributed by atoms with Crippen molar-refractivity contribution in [2.24, 2.45) is 0 Å². The van der Waals surface area contributed by atoms with Gasteiger partial charge in [-0.05, 0) is 75.9 Å². The fraction of sp³-hybridized carbons (Fsp3) is 0.292. The van der Waals surface area contributed by atoms with E-state index >= 15 is 0 Å². The number of imidazole rings is 2. The Hall–Kier alpha value is -2.83. The number of H-pyrrole nitrogens is 1. The molecule has 0 saturated heterocycles. The zero-order chi connectivity index (χ0) is 22.4. The van der Waals surface area contributed by atoms with Crippen molar-refractivity contribution in [3.05, 3.63) is 75.0 Å². The first kappa shape index (κ1) is 21.0. The topological polar surface area (TPSA) is 75.6 Å². The van der Waals surface area contributed by atoms with Crippen molar-refractivity contribution in [1.82, 2.24) is 24.8 Å². The normalized spacial score (nSPS) is 14.4. The molecule has 0 saturated carbocycles. The van der Waals surface area contributed by atoms with Gasteiger partial charge in [0.05, 0.1) is 33.5 Å². The molecule has 8 heteroatoms. The summed E-state index contributed by atoms with van der Waals surface area (Å²) in [5, 5.41) is 4.15. The Bertz CT molecular complexity index is 1340. The van der Waals surface area contributed by atoms with Crippen molar-refractivity contribution in [1.29, 1.82) is 0 Å². The third-order valence-corrected chi connectivity index (χ3v) is 6.51. The van der Waals surface area contributed by atoms with E-state index in [-0.39, 0.29) is 11.9 Å². The summed E-state index contributed by atoms with van der Waals surface area (Å²) in [5.74, 6) is 1.38. The van der Waals surface area contributed by atoms with Gasteiger partial charge in [0.2, 0.25) is 0 Å². The maximum Gasteiger partial charge on any atom is 0.251 e. The number of hydrogen-bond acceptors (Lipinski definition) is 3. The number of aromatic nitrogens is 4. The molecule has 0 spiro atoms. The fourth-order valence-electron chi connectivity index (χ4n) is 4.38. The first-order chi connectivity index (χ1) is 15.4. The molecule has 32 heavy (non-hydrogen) atoms. The van der Waals surface area contributed by atoms with Crippen LogP contribution in [0.25, 0.3) is 16.7 Å². The summed E-state index contributed by atoms with van der Waals surface area (Å²) in [4.78, 5) is 25.4. The molecule has 1 atom stereocenters. The van der Waals surface area contributed by atoms with Gasteiger partial charge in [-0.2, -0.15) is 0 Å². The number of benzene rings is 2. The van der Waals surface area contributed by atoms with Crippen molar-refractivity contribution < 1.29 is 4.79 Å². The van der Waals surface area contributed by atoms with Gasteiger partial charge in [0.15, 0.2) is 0 Å². The number of nitrogens with zero attached hydrogens (tertiary/aromatic N) is 3. The number of halogens is 2. The van der Waals surface area contributed by atoms with Crippen molar-refractivity contribution >= 4 is 40.1 Å². The average molecular weight is 468 g/mol. The van der Waals surface area contributed by atoms with E-state index in [1.807, 2.05) is 32.0 Å². The Morgan fingerprint density at radius 2 is 1.94 bits per heavy atom. The number of aryl methyl sites for hydroxylation is 2. The molecule has 4 aromatic rings. The van der Waals surface area contributed by atoms with Gasteiger partial charge < -0.3 is 10.3 Å². The number of amides is 1. The number of carbonyl (C=O) groups is 1. The molecule has 0 unspecified atom stereocenters. The second-order valence-electron chi connectivity index (χ2n) is 8.24. The summed E-state index contributed by atoms with van der Waals surface area (Å²) >= 11 is 12.7. The van der Waals surface area contributed by atoms with Crippen LogP contribution in [0.1, 0.15) is 59.2 Å². The monoisotopic (exact) mass is 467 g/mol. The Labute approximate surface area is 196 Å². The molecule has 2 aromatic carbocycles. The molecule has 6 nitrogen and oxygen atoms in total. The van der Waals surface area contributed by atoms with Gasteiger partial charge >= 0.3 is 0 Å². The van der Waals surface area contributed by atoms with Crippen LogP contribution in [-0.4, -0.2) is 25.4 Å². The van der Waals surface area contributed by atoms with Crippen molar-refractivity contribution in [2.75, 3.05) is 0 Å². The smallest absolute Gasteiger partial charge is 0.251 e. The highest BCUT2D eigenvalue weighted by Crippen LogP contribution is 2.30. The van der Waals surface area contributed by atoms with Crippen LogP contribution in [-0.2, 0) is 12.8 Å². The minimum atomic E-state index is -0.310. The highest BCUT2D eigenvalue weighted by Gasteiger charge is 2.21. The van der Waals surface area contributed by atoms with Gasteiger partial charge in [0.25, 0.3) is 5.91 Å². The molecule has 0 aliphatic heterocycles. The van der Waals surface area contributed by atoms with E-state index in [4.69, 9.17) is 28.2 Å². The van der Waals surface area contributed by atoms with Crippen molar-refractivity contribution in [2.45, 2.75) is 45.6 Å². The first-order valence-corrected chi connectivity index (χ1v) is 11.5. The molecule has 0 bridgehead atoms. The lowest BCUT2D eigenvalue weighted by atomic mass is 10.0. The predicted octanol–water partition coefficient (Wildman–Crippen LogP) is 5.73. The van der Waals surface area contributed by atoms with Crippen LogP contribution in [0.2, 0.25) is 10.0 Å². The second kappa shape index (κ2) is 8.26. The third kappa shape index (κ3) is 3.78. The van der Waals surface area contributed by atoms with Crippen molar-refractivity contribution in [3.8, 4) is 5.69 Å². The second-order valence-corrected chi connectivity index (χ2v) is 9.08. The highest BCUT2D eigenvalue weighted by atomic mass is 35.5. The Morgan fingerprint density at radius 1 is 1.12 bits per heavy atom. The lowest BCUT2D eigenvalue weighted by Gasteiger charge is -2.17. The van der Waals surface area contributed by atoms with Gasteiger partial charge in [-0.1, -0.05) is 23.2 Å². The van der Waals surface area contributed by atoms with Crippen LogP contribution >= 0.6 is 23.2 Å². The van der Waals surface area contributed by atoms with E-state index in [9.17, 15) is 4.79 Å². The first-order valence-electron chi connectivity index (χ1n) is 10.7. The maximum atomic E-state index is 12.9. The largest absolute Gasteiger partial charge is 0.342 e. The molecular formula is C24H23Cl2N5O. The quantitative estimate of drug-likeness (QED) is 0.402. The lowest BCUT2D eigenvalue weighted by Crippen LogP contribution is -2.27. The van der Waals surface area contributed by atoms with E-state index in [2.05, 4.69) is 19.9 Å². The van der Waals surface area contributed by atoms with Crippen LogP contribution in [0.15, 0.2) is 36.4 Å². The molecule has 0 fully saturated rings. The number of hydrogen-bond donors (Lipinski definition) is 2.